The first kappa shape index (κ1) is 36.4. The van der Waals surface area contributed by atoms with Gasteiger partial charge in [-0.2, -0.15) is 0 Å². The number of phosphoric acid groups is 2. The van der Waals surface area contributed by atoms with Gasteiger partial charge >= 0.3 is 19.5 Å². The van der Waals surface area contributed by atoms with Crippen LogP contribution in [0.2, 0.25) is 0 Å². The molecular weight excluding hydrogens is 496 g/mol. The second-order valence-corrected chi connectivity index (χ2v) is 10.3. The Balaban J connectivity index is -0.000000490. The van der Waals surface area contributed by atoms with Crippen LogP contribution in [0.4, 0.5) is 0 Å². The Morgan fingerprint density at radius 2 is 0.710 bits per heavy atom. The molecule has 4 unspecified atom stereocenters. The molecule has 0 fully saturated rings. The van der Waals surface area contributed by atoms with Gasteiger partial charge in [-0.05, 0) is 53.4 Å². The maximum Gasteiger partial charge on any atom is 2.00 e. The monoisotopic (exact) mass is 538 g/mol. The second-order valence-electron chi connectivity index (χ2n) is 7.71. The Bertz CT molecular complexity index is 430. The van der Waals surface area contributed by atoms with Crippen molar-refractivity contribution in [3.63, 3.8) is 0 Å². The summed E-state index contributed by atoms with van der Waals surface area (Å²) in [6.45, 7) is 14.9. The SMILES string of the molecule is CCCC(C)OP(=O)([O-])OC(C)CCC.CCCC(C)OP(=O)([O-])OC(C)CCC.[Zn+2]. The van der Waals surface area contributed by atoms with E-state index >= 15 is 0 Å². The summed E-state index contributed by atoms with van der Waals surface area (Å²) in [5, 5.41) is 0. The zero-order valence-electron chi connectivity index (χ0n) is 20.8. The van der Waals surface area contributed by atoms with Crippen LogP contribution in [0.15, 0.2) is 0 Å². The Labute approximate surface area is 203 Å². The summed E-state index contributed by atoms with van der Waals surface area (Å²) in [5.74, 6) is 0. The van der Waals surface area contributed by atoms with Crippen molar-refractivity contribution in [2.75, 3.05) is 0 Å². The fourth-order valence-electron chi connectivity index (χ4n) is 2.77. The minimum atomic E-state index is -4.11. The zero-order valence-corrected chi connectivity index (χ0v) is 25.6. The van der Waals surface area contributed by atoms with Gasteiger partial charge in [-0.1, -0.05) is 53.4 Å². The van der Waals surface area contributed by atoms with E-state index < -0.39 is 15.6 Å². The van der Waals surface area contributed by atoms with Gasteiger partial charge in [0.05, 0.1) is 24.4 Å². The van der Waals surface area contributed by atoms with Gasteiger partial charge in [0.1, 0.15) is 0 Å². The molecule has 31 heavy (non-hydrogen) atoms. The number of phosphoric ester groups is 2. The van der Waals surface area contributed by atoms with Crippen LogP contribution in [0, 0.1) is 0 Å². The quantitative estimate of drug-likeness (QED) is 0.180. The molecule has 0 radical (unpaired) electrons. The molecule has 0 saturated heterocycles. The molecule has 0 saturated carbocycles. The summed E-state index contributed by atoms with van der Waals surface area (Å²) in [4.78, 5) is 22.8. The smallest absolute Gasteiger partial charge is 0.756 e. The molecule has 0 N–H and O–H groups in total. The Morgan fingerprint density at radius 3 is 0.839 bits per heavy atom. The van der Waals surface area contributed by atoms with E-state index in [-0.39, 0.29) is 43.9 Å². The predicted octanol–water partition coefficient (Wildman–Crippen LogP) is 5.73. The van der Waals surface area contributed by atoms with E-state index in [1.54, 1.807) is 27.7 Å². The number of hydrogen-bond acceptors (Lipinski definition) is 8. The van der Waals surface area contributed by atoms with Gasteiger partial charge in [0, 0.05) is 0 Å². The molecule has 11 heteroatoms. The minimum Gasteiger partial charge on any atom is -0.756 e. The van der Waals surface area contributed by atoms with Crippen molar-refractivity contribution in [1.82, 2.24) is 0 Å². The van der Waals surface area contributed by atoms with Crippen LogP contribution >= 0.6 is 15.6 Å². The molecule has 0 spiro atoms. The van der Waals surface area contributed by atoms with Crippen LogP contribution in [-0.2, 0) is 46.7 Å². The van der Waals surface area contributed by atoms with E-state index in [1.807, 2.05) is 27.7 Å². The minimum absolute atomic E-state index is 0. The maximum atomic E-state index is 11.4. The van der Waals surface area contributed by atoms with Crippen molar-refractivity contribution < 1.29 is 56.5 Å². The van der Waals surface area contributed by atoms with Crippen LogP contribution < -0.4 is 9.79 Å². The van der Waals surface area contributed by atoms with Crippen LogP contribution in [0.25, 0.3) is 0 Å². The Morgan fingerprint density at radius 1 is 0.548 bits per heavy atom. The van der Waals surface area contributed by atoms with E-state index in [2.05, 4.69) is 0 Å². The molecule has 4 atom stereocenters. The molecule has 0 bridgehead atoms. The van der Waals surface area contributed by atoms with E-state index in [0.717, 1.165) is 51.4 Å². The van der Waals surface area contributed by atoms with Crippen molar-refractivity contribution in [2.45, 2.75) is 131 Å². The average molecular weight is 540 g/mol. The Hall–Kier alpha value is 0.843. The van der Waals surface area contributed by atoms with Crippen molar-refractivity contribution in [3.8, 4) is 0 Å². The summed E-state index contributed by atoms with van der Waals surface area (Å²) in [5.41, 5.74) is 0. The third-order valence-corrected chi connectivity index (χ3v) is 6.49. The van der Waals surface area contributed by atoms with E-state index in [1.165, 1.54) is 0 Å². The fraction of sp³-hybridized carbons (Fsp3) is 1.00. The van der Waals surface area contributed by atoms with Gasteiger partial charge in [-0.15, -0.1) is 0 Å². The third kappa shape index (κ3) is 23.8. The standard InChI is InChI=1S/2C10H23O4P.Zn/c2*1-5-7-9(3)13-15(11,12)14-10(4)8-6-2;/h2*9-10H,5-8H2,1-4H3,(H,11,12);/q;;+2/p-2. The summed E-state index contributed by atoms with van der Waals surface area (Å²) in [6, 6.07) is 0. The first-order valence-electron chi connectivity index (χ1n) is 11.2. The van der Waals surface area contributed by atoms with Crippen LogP contribution in [0.3, 0.4) is 0 Å². The Kier molecular flexibility index (Phi) is 23.8. The van der Waals surface area contributed by atoms with Gasteiger partial charge < -0.3 is 27.9 Å². The average Bonchev–Trinajstić information content (AvgIpc) is 2.53. The number of rotatable bonds is 16. The van der Waals surface area contributed by atoms with Gasteiger partial charge in [0.25, 0.3) is 15.6 Å². The largest absolute Gasteiger partial charge is 2.00 e. The predicted molar refractivity (Wildman–Crippen MR) is 117 cm³/mol. The van der Waals surface area contributed by atoms with Gasteiger partial charge in [-0.3, -0.25) is 9.13 Å². The van der Waals surface area contributed by atoms with E-state index in [0.29, 0.717) is 0 Å². The topological polar surface area (TPSA) is 117 Å². The van der Waals surface area contributed by atoms with E-state index in [9.17, 15) is 18.9 Å². The van der Waals surface area contributed by atoms with Crippen LogP contribution in [-0.4, -0.2) is 24.4 Å². The zero-order chi connectivity index (χ0) is 23.8. The molecule has 0 rings (SSSR count). The van der Waals surface area contributed by atoms with Crippen molar-refractivity contribution in [1.29, 1.82) is 0 Å². The molecule has 0 heterocycles. The molecule has 0 aliphatic carbocycles. The molecule has 0 aliphatic rings. The molecule has 0 amide bonds. The third-order valence-electron chi connectivity index (χ3n) is 4.02. The van der Waals surface area contributed by atoms with Crippen molar-refractivity contribution in [2.24, 2.45) is 0 Å². The molecule has 0 aromatic carbocycles. The first-order chi connectivity index (χ1) is 13.8. The van der Waals surface area contributed by atoms with E-state index in [4.69, 9.17) is 18.1 Å². The summed E-state index contributed by atoms with van der Waals surface area (Å²) >= 11 is 0. The molecule has 184 valence electrons. The normalized spacial score (nSPS) is 18.9. The molecule has 0 aliphatic heterocycles. The molecule has 0 aromatic heterocycles. The van der Waals surface area contributed by atoms with Crippen LogP contribution in [0.1, 0.15) is 107 Å². The summed E-state index contributed by atoms with van der Waals surface area (Å²) in [7, 11) is -8.23. The van der Waals surface area contributed by atoms with Crippen molar-refractivity contribution in [3.05, 3.63) is 0 Å². The fourth-order valence-corrected chi connectivity index (χ4v) is 5.05. The van der Waals surface area contributed by atoms with Crippen molar-refractivity contribution >= 4 is 15.6 Å². The van der Waals surface area contributed by atoms with Gasteiger partial charge in [-0.25, -0.2) is 0 Å². The summed E-state index contributed by atoms with van der Waals surface area (Å²) < 4.78 is 42.3. The molecule has 0 aromatic rings. The first-order valence-corrected chi connectivity index (χ1v) is 14.1. The van der Waals surface area contributed by atoms with Crippen LogP contribution in [0.5, 0.6) is 0 Å². The van der Waals surface area contributed by atoms with Gasteiger partial charge in [0.2, 0.25) is 0 Å². The molecule has 8 nitrogen and oxygen atoms in total. The summed E-state index contributed by atoms with van der Waals surface area (Å²) in [6.07, 6.45) is 5.26. The molecular formula is C20H44O8P2Zn. The second kappa shape index (κ2) is 20.2. The number of hydrogen-bond donors (Lipinski definition) is 0. The van der Waals surface area contributed by atoms with Gasteiger partial charge in [0.15, 0.2) is 0 Å². The maximum absolute atomic E-state index is 11.4.